The lowest BCUT2D eigenvalue weighted by molar-refractivity contribution is 0.241. The number of aromatic hydroxyl groups is 1. The highest BCUT2D eigenvalue weighted by Crippen LogP contribution is 2.45. The molecule has 1 heterocycles. The second kappa shape index (κ2) is 8.22. The summed E-state index contributed by atoms with van der Waals surface area (Å²) >= 11 is 0. The number of carbonyl (C=O) groups excluding carboxylic acids is 1. The zero-order chi connectivity index (χ0) is 22.3. The van der Waals surface area contributed by atoms with E-state index < -0.39 is 0 Å². The van der Waals surface area contributed by atoms with Crippen LogP contribution in [0, 0.1) is 11.3 Å². The average molecular weight is 421 g/mol. The van der Waals surface area contributed by atoms with Crippen molar-refractivity contribution in [2.45, 2.75) is 72.3 Å². The molecule has 4 rings (SSSR count). The molecule has 2 aliphatic rings. The van der Waals surface area contributed by atoms with Crippen molar-refractivity contribution in [2.24, 2.45) is 11.3 Å². The summed E-state index contributed by atoms with van der Waals surface area (Å²) in [6, 6.07) is 12.0. The molecule has 4 nitrogen and oxygen atoms in total. The minimum atomic E-state index is -0.240. The lowest BCUT2D eigenvalue weighted by Gasteiger charge is -2.38. The third kappa shape index (κ3) is 4.73. The third-order valence-corrected chi connectivity index (χ3v) is 6.61. The number of nitrogens with one attached hydrogen (secondary N) is 1. The van der Waals surface area contributed by atoms with E-state index in [-0.39, 0.29) is 17.5 Å². The lowest BCUT2D eigenvalue weighted by atomic mass is 9.86. The molecule has 1 saturated carbocycles. The first-order valence-corrected chi connectivity index (χ1v) is 11.7. The lowest BCUT2D eigenvalue weighted by Crippen LogP contribution is -2.48. The molecular weight excluding hydrogens is 384 g/mol. The molecule has 4 heteroatoms. The van der Waals surface area contributed by atoms with Gasteiger partial charge in [0.2, 0.25) is 0 Å². The SMILES string of the molecule is CC(C)c1ccc(C2NC(=O)N(CCC(C)(C)C)c3ccc(O)c(CC4CC4)c32)cc1. The number of rotatable bonds is 6. The van der Waals surface area contributed by atoms with Gasteiger partial charge in [-0.15, -0.1) is 0 Å². The fraction of sp³-hybridized carbons (Fsp3) is 0.519. The topological polar surface area (TPSA) is 52.6 Å². The fourth-order valence-electron chi connectivity index (χ4n) is 4.40. The Hall–Kier alpha value is -2.49. The Labute approximate surface area is 186 Å². The Balaban J connectivity index is 1.78. The minimum Gasteiger partial charge on any atom is -0.508 e. The summed E-state index contributed by atoms with van der Waals surface area (Å²) in [5.41, 5.74) is 5.50. The van der Waals surface area contributed by atoms with E-state index in [2.05, 4.69) is 64.2 Å². The van der Waals surface area contributed by atoms with Gasteiger partial charge in [-0.2, -0.15) is 0 Å². The summed E-state index contributed by atoms with van der Waals surface area (Å²) in [6.07, 6.45) is 4.22. The van der Waals surface area contributed by atoms with E-state index >= 15 is 0 Å². The van der Waals surface area contributed by atoms with Gasteiger partial charge in [-0.3, -0.25) is 4.90 Å². The van der Waals surface area contributed by atoms with E-state index in [1.54, 1.807) is 6.07 Å². The standard InChI is InChI=1S/C27H36N2O2/c1-17(2)19-8-10-20(11-9-19)25-24-21(16-18-6-7-18)23(30)13-12-22(24)29(26(31)28-25)15-14-27(3,4)5/h8-13,17-18,25,30H,6-7,14-16H2,1-5H3,(H,28,31). The number of phenolic OH excluding ortho intramolecular Hbond substituents is 1. The molecule has 1 unspecified atom stereocenters. The van der Waals surface area contributed by atoms with Crippen molar-refractivity contribution in [3.63, 3.8) is 0 Å². The maximum atomic E-state index is 13.2. The van der Waals surface area contributed by atoms with Crippen LogP contribution in [0.15, 0.2) is 36.4 Å². The highest BCUT2D eigenvalue weighted by atomic mass is 16.3. The molecule has 1 fully saturated rings. The van der Waals surface area contributed by atoms with Crippen LogP contribution in [0.1, 0.15) is 88.1 Å². The summed E-state index contributed by atoms with van der Waals surface area (Å²) in [6.45, 7) is 11.6. The molecule has 0 aromatic heterocycles. The Morgan fingerprint density at radius 3 is 2.35 bits per heavy atom. The molecule has 1 atom stereocenters. The monoisotopic (exact) mass is 420 g/mol. The van der Waals surface area contributed by atoms with Crippen molar-refractivity contribution in [2.75, 3.05) is 11.4 Å². The number of carbonyl (C=O) groups is 1. The summed E-state index contributed by atoms with van der Waals surface area (Å²) in [5, 5.41) is 14.1. The van der Waals surface area contributed by atoms with Crippen molar-refractivity contribution >= 4 is 11.7 Å². The predicted molar refractivity (Wildman–Crippen MR) is 127 cm³/mol. The molecule has 0 saturated heterocycles. The molecule has 2 aromatic rings. The summed E-state index contributed by atoms with van der Waals surface area (Å²) in [4.78, 5) is 15.1. The van der Waals surface area contributed by atoms with Crippen LogP contribution in [-0.2, 0) is 6.42 Å². The van der Waals surface area contributed by atoms with E-state index in [4.69, 9.17) is 0 Å². The number of nitrogens with zero attached hydrogens (tertiary/aromatic N) is 1. The number of benzene rings is 2. The van der Waals surface area contributed by atoms with Crippen molar-refractivity contribution in [3.8, 4) is 5.75 Å². The first kappa shape index (κ1) is 21.7. The van der Waals surface area contributed by atoms with E-state index in [1.165, 1.54) is 18.4 Å². The Bertz CT molecular complexity index is 952. The number of fused-ring (bicyclic) bond motifs is 1. The van der Waals surface area contributed by atoms with Gasteiger partial charge < -0.3 is 10.4 Å². The number of amides is 2. The molecule has 2 amide bonds. The van der Waals surface area contributed by atoms with Crippen molar-refractivity contribution in [3.05, 3.63) is 58.7 Å². The predicted octanol–water partition coefficient (Wildman–Crippen LogP) is 6.52. The molecule has 2 aromatic carbocycles. The van der Waals surface area contributed by atoms with Gasteiger partial charge in [0.15, 0.2) is 0 Å². The zero-order valence-corrected chi connectivity index (χ0v) is 19.5. The molecule has 1 aliphatic heterocycles. The first-order valence-electron chi connectivity index (χ1n) is 11.7. The van der Waals surface area contributed by atoms with E-state index in [0.29, 0.717) is 24.1 Å². The van der Waals surface area contributed by atoms with Gasteiger partial charge in [-0.25, -0.2) is 4.79 Å². The fourth-order valence-corrected chi connectivity index (χ4v) is 4.40. The van der Waals surface area contributed by atoms with E-state index in [0.717, 1.165) is 35.2 Å². The number of hydrogen-bond acceptors (Lipinski definition) is 2. The Kier molecular flexibility index (Phi) is 5.76. The number of phenols is 1. The number of anilines is 1. The molecule has 31 heavy (non-hydrogen) atoms. The summed E-state index contributed by atoms with van der Waals surface area (Å²) in [5.74, 6) is 1.45. The maximum absolute atomic E-state index is 13.2. The van der Waals surface area contributed by atoms with E-state index in [9.17, 15) is 9.90 Å². The third-order valence-electron chi connectivity index (χ3n) is 6.61. The number of hydrogen-bond donors (Lipinski definition) is 2. The van der Waals surface area contributed by atoms with Crippen LogP contribution in [0.2, 0.25) is 0 Å². The van der Waals surface area contributed by atoms with Crippen molar-refractivity contribution in [1.82, 2.24) is 5.32 Å². The van der Waals surface area contributed by atoms with Crippen LogP contribution in [0.4, 0.5) is 10.5 Å². The van der Waals surface area contributed by atoms with Gasteiger partial charge in [0.05, 0.1) is 11.7 Å². The molecule has 166 valence electrons. The average Bonchev–Trinajstić information content (AvgIpc) is 3.52. The molecule has 0 spiro atoms. The first-order chi connectivity index (χ1) is 14.6. The van der Waals surface area contributed by atoms with Crippen LogP contribution >= 0.6 is 0 Å². The molecule has 0 radical (unpaired) electrons. The highest BCUT2D eigenvalue weighted by molar-refractivity contribution is 5.96. The molecule has 2 N–H and O–H groups in total. The minimum absolute atomic E-state index is 0.0576. The van der Waals surface area contributed by atoms with Gasteiger partial charge in [0, 0.05) is 17.7 Å². The highest BCUT2D eigenvalue weighted by Gasteiger charge is 2.36. The Morgan fingerprint density at radius 2 is 1.77 bits per heavy atom. The van der Waals surface area contributed by atoms with Crippen molar-refractivity contribution in [1.29, 1.82) is 0 Å². The largest absolute Gasteiger partial charge is 0.508 e. The maximum Gasteiger partial charge on any atom is 0.322 e. The van der Waals surface area contributed by atoms with Crippen LogP contribution in [-0.4, -0.2) is 17.7 Å². The Morgan fingerprint density at radius 1 is 1.10 bits per heavy atom. The number of urea groups is 1. The van der Waals surface area contributed by atoms with Gasteiger partial charge in [-0.05, 0) is 66.2 Å². The van der Waals surface area contributed by atoms with Crippen LogP contribution in [0.3, 0.4) is 0 Å². The normalized spacial score (nSPS) is 18.8. The second-order valence-corrected chi connectivity index (χ2v) is 10.8. The second-order valence-electron chi connectivity index (χ2n) is 10.8. The van der Waals surface area contributed by atoms with E-state index in [1.807, 2.05) is 11.0 Å². The van der Waals surface area contributed by atoms with Crippen LogP contribution in [0.25, 0.3) is 0 Å². The summed E-state index contributed by atoms with van der Waals surface area (Å²) < 4.78 is 0. The zero-order valence-electron chi connectivity index (χ0n) is 19.5. The van der Waals surface area contributed by atoms with Crippen LogP contribution in [0.5, 0.6) is 5.75 Å². The van der Waals surface area contributed by atoms with Gasteiger partial charge in [0.25, 0.3) is 0 Å². The van der Waals surface area contributed by atoms with Gasteiger partial charge in [0.1, 0.15) is 5.75 Å². The molecular formula is C27H36N2O2. The smallest absolute Gasteiger partial charge is 0.322 e. The van der Waals surface area contributed by atoms with Crippen molar-refractivity contribution < 1.29 is 9.90 Å². The van der Waals surface area contributed by atoms with Gasteiger partial charge in [-0.1, -0.05) is 58.9 Å². The van der Waals surface area contributed by atoms with Crippen LogP contribution < -0.4 is 10.2 Å². The quantitative estimate of drug-likeness (QED) is 0.559. The molecule has 0 bridgehead atoms. The van der Waals surface area contributed by atoms with Gasteiger partial charge >= 0.3 is 6.03 Å². The molecule has 1 aliphatic carbocycles. The summed E-state index contributed by atoms with van der Waals surface area (Å²) in [7, 11) is 0.